The Morgan fingerprint density at radius 1 is 1.12 bits per heavy atom. The van der Waals surface area contributed by atoms with Gasteiger partial charge >= 0.3 is 0 Å². The average molecular weight is 353 g/mol. The number of benzene rings is 1. The van der Waals surface area contributed by atoms with Crippen molar-refractivity contribution < 1.29 is 4.79 Å². The van der Waals surface area contributed by atoms with Crippen LogP contribution in [0.2, 0.25) is 0 Å². The molecule has 1 saturated heterocycles. The fourth-order valence-corrected chi connectivity index (χ4v) is 3.95. The maximum absolute atomic E-state index is 12.8. The molecule has 0 bridgehead atoms. The summed E-state index contributed by atoms with van der Waals surface area (Å²) in [6.45, 7) is 8.63. The van der Waals surface area contributed by atoms with Crippen molar-refractivity contribution in [3.63, 3.8) is 0 Å². The van der Waals surface area contributed by atoms with E-state index in [9.17, 15) is 4.79 Å². The van der Waals surface area contributed by atoms with Gasteiger partial charge in [0.05, 0.1) is 6.54 Å². The molecule has 0 saturated carbocycles. The van der Waals surface area contributed by atoms with E-state index in [1.54, 1.807) is 0 Å². The normalized spacial score (nSPS) is 18.2. The number of piperidine rings is 1. The van der Waals surface area contributed by atoms with Crippen LogP contribution in [0.25, 0.3) is 0 Å². The second-order valence-corrected chi connectivity index (χ2v) is 7.65. The zero-order valence-corrected chi connectivity index (χ0v) is 15.6. The molecule has 1 N–H and O–H groups in total. The number of hydrogen-bond donors (Lipinski definition) is 1. The zero-order chi connectivity index (χ0) is 18.1. The van der Waals surface area contributed by atoms with E-state index >= 15 is 0 Å². The first-order chi connectivity index (χ1) is 12.6. The molecule has 26 heavy (non-hydrogen) atoms. The minimum atomic E-state index is 0.145. The number of carbonyl (C=O) groups is 1. The standard InChI is InChI=1S/C20H27N5O/c1-14(2)15-3-5-17(6-4-15)20(26)24-10-7-16(8-11-24)19-23-22-18-13-21-9-12-25(18)19/h3-6,14,16,21H,7-13H2,1-2H3. The first-order valence-corrected chi connectivity index (χ1v) is 9.65. The van der Waals surface area contributed by atoms with E-state index in [0.717, 1.165) is 62.8 Å². The Morgan fingerprint density at radius 2 is 1.85 bits per heavy atom. The number of fused-ring (bicyclic) bond motifs is 1. The monoisotopic (exact) mass is 353 g/mol. The molecule has 0 atom stereocenters. The molecule has 2 aromatic rings. The van der Waals surface area contributed by atoms with Gasteiger partial charge in [-0.2, -0.15) is 0 Å². The maximum atomic E-state index is 12.8. The van der Waals surface area contributed by atoms with E-state index in [4.69, 9.17) is 0 Å². The van der Waals surface area contributed by atoms with Crippen LogP contribution >= 0.6 is 0 Å². The summed E-state index contributed by atoms with van der Waals surface area (Å²) in [6.07, 6.45) is 1.92. The Labute approximate surface area is 154 Å². The van der Waals surface area contributed by atoms with Gasteiger partial charge in [0, 0.05) is 37.7 Å². The quantitative estimate of drug-likeness (QED) is 0.921. The SMILES string of the molecule is CC(C)c1ccc(C(=O)N2CCC(c3nnc4n3CCNC4)CC2)cc1. The number of hydrogen-bond acceptors (Lipinski definition) is 4. The van der Waals surface area contributed by atoms with E-state index in [-0.39, 0.29) is 5.91 Å². The van der Waals surface area contributed by atoms with Crippen LogP contribution in [0.3, 0.4) is 0 Å². The van der Waals surface area contributed by atoms with Crippen molar-refractivity contribution in [1.82, 2.24) is 25.0 Å². The summed E-state index contributed by atoms with van der Waals surface area (Å²) in [7, 11) is 0. The molecule has 1 aromatic heterocycles. The van der Waals surface area contributed by atoms with Crippen molar-refractivity contribution >= 4 is 5.91 Å². The van der Waals surface area contributed by atoms with Crippen LogP contribution < -0.4 is 5.32 Å². The summed E-state index contributed by atoms with van der Waals surface area (Å²) in [5, 5.41) is 12.1. The lowest BCUT2D eigenvalue weighted by Crippen LogP contribution is -2.38. The maximum Gasteiger partial charge on any atom is 0.253 e. The first kappa shape index (κ1) is 17.2. The number of rotatable bonds is 3. The van der Waals surface area contributed by atoms with E-state index in [2.05, 4.69) is 46.1 Å². The molecule has 1 fully saturated rings. The molecule has 0 radical (unpaired) electrons. The van der Waals surface area contributed by atoms with Crippen LogP contribution in [0.15, 0.2) is 24.3 Å². The molecule has 1 amide bonds. The molecule has 4 rings (SSSR count). The molecule has 3 heterocycles. The van der Waals surface area contributed by atoms with Gasteiger partial charge in [0.15, 0.2) is 0 Å². The van der Waals surface area contributed by atoms with E-state index in [1.807, 2.05) is 17.0 Å². The summed E-state index contributed by atoms with van der Waals surface area (Å²) in [4.78, 5) is 14.8. The smallest absolute Gasteiger partial charge is 0.253 e. The van der Waals surface area contributed by atoms with Crippen molar-refractivity contribution in [1.29, 1.82) is 0 Å². The predicted molar refractivity (Wildman–Crippen MR) is 100 cm³/mol. The Balaban J connectivity index is 1.40. The van der Waals surface area contributed by atoms with Gasteiger partial charge in [-0.3, -0.25) is 4.79 Å². The van der Waals surface area contributed by atoms with Crippen molar-refractivity contribution in [3.8, 4) is 0 Å². The highest BCUT2D eigenvalue weighted by Gasteiger charge is 2.29. The topological polar surface area (TPSA) is 63.1 Å². The molecular formula is C20H27N5O. The van der Waals surface area contributed by atoms with Crippen molar-refractivity contribution in [2.75, 3.05) is 19.6 Å². The molecule has 0 spiro atoms. The summed E-state index contributed by atoms with van der Waals surface area (Å²) >= 11 is 0. The van der Waals surface area contributed by atoms with Crippen LogP contribution in [-0.2, 0) is 13.1 Å². The number of aromatic nitrogens is 3. The van der Waals surface area contributed by atoms with Gasteiger partial charge in [-0.25, -0.2) is 0 Å². The zero-order valence-electron chi connectivity index (χ0n) is 15.6. The fraction of sp³-hybridized carbons (Fsp3) is 0.550. The molecule has 0 unspecified atom stereocenters. The summed E-state index contributed by atoms with van der Waals surface area (Å²) in [5.41, 5.74) is 2.06. The number of likely N-dealkylation sites (tertiary alicyclic amines) is 1. The molecule has 6 nitrogen and oxygen atoms in total. The molecule has 2 aliphatic heterocycles. The van der Waals surface area contributed by atoms with Gasteiger partial charge in [0.25, 0.3) is 5.91 Å². The molecular weight excluding hydrogens is 326 g/mol. The second-order valence-electron chi connectivity index (χ2n) is 7.65. The first-order valence-electron chi connectivity index (χ1n) is 9.65. The lowest BCUT2D eigenvalue weighted by molar-refractivity contribution is 0.0710. The van der Waals surface area contributed by atoms with Crippen LogP contribution in [0.1, 0.15) is 66.1 Å². The van der Waals surface area contributed by atoms with Crippen LogP contribution in [-0.4, -0.2) is 45.2 Å². The summed E-state index contributed by atoms with van der Waals surface area (Å²) in [6, 6.07) is 8.07. The van der Waals surface area contributed by atoms with Crippen LogP contribution in [0.5, 0.6) is 0 Å². The third kappa shape index (κ3) is 3.26. The van der Waals surface area contributed by atoms with E-state index in [0.29, 0.717) is 11.8 Å². The van der Waals surface area contributed by atoms with Gasteiger partial charge in [0.2, 0.25) is 0 Å². The van der Waals surface area contributed by atoms with Gasteiger partial charge in [-0.1, -0.05) is 26.0 Å². The van der Waals surface area contributed by atoms with Crippen LogP contribution in [0.4, 0.5) is 0 Å². The minimum Gasteiger partial charge on any atom is -0.339 e. The number of carbonyl (C=O) groups excluding carboxylic acids is 1. The molecule has 0 aliphatic carbocycles. The van der Waals surface area contributed by atoms with E-state index < -0.39 is 0 Å². The highest BCUT2D eigenvalue weighted by atomic mass is 16.2. The summed E-state index contributed by atoms with van der Waals surface area (Å²) in [5.74, 6) is 3.18. The number of nitrogens with one attached hydrogen (secondary N) is 1. The van der Waals surface area contributed by atoms with E-state index in [1.165, 1.54) is 5.56 Å². The van der Waals surface area contributed by atoms with Crippen LogP contribution in [0, 0.1) is 0 Å². The van der Waals surface area contributed by atoms with Crippen molar-refractivity contribution in [2.24, 2.45) is 0 Å². The second kappa shape index (κ2) is 7.19. The molecule has 6 heteroatoms. The third-order valence-electron chi connectivity index (χ3n) is 5.62. The number of amides is 1. The lowest BCUT2D eigenvalue weighted by Gasteiger charge is -2.32. The number of nitrogens with zero attached hydrogens (tertiary/aromatic N) is 4. The largest absolute Gasteiger partial charge is 0.339 e. The fourth-order valence-electron chi connectivity index (χ4n) is 3.95. The van der Waals surface area contributed by atoms with Gasteiger partial charge in [0.1, 0.15) is 11.6 Å². The van der Waals surface area contributed by atoms with Gasteiger partial charge in [-0.15, -0.1) is 10.2 Å². The Hall–Kier alpha value is -2.21. The van der Waals surface area contributed by atoms with Gasteiger partial charge < -0.3 is 14.8 Å². The third-order valence-corrected chi connectivity index (χ3v) is 5.62. The minimum absolute atomic E-state index is 0.145. The molecule has 2 aliphatic rings. The lowest BCUT2D eigenvalue weighted by atomic mass is 9.95. The van der Waals surface area contributed by atoms with Crippen molar-refractivity contribution in [2.45, 2.75) is 51.6 Å². The Morgan fingerprint density at radius 3 is 2.54 bits per heavy atom. The predicted octanol–water partition coefficient (Wildman–Crippen LogP) is 2.52. The van der Waals surface area contributed by atoms with Crippen molar-refractivity contribution in [3.05, 3.63) is 47.0 Å². The molecule has 138 valence electrons. The summed E-state index contributed by atoms with van der Waals surface area (Å²) < 4.78 is 2.27. The highest BCUT2D eigenvalue weighted by Crippen LogP contribution is 2.28. The Bertz CT molecular complexity index is 772. The van der Waals surface area contributed by atoms with Gasteiger partial charge in [-0.05, 0) is 36.5 Å². The molecule has 1 aromatic carbocycles. The highest BCUT2D eigenvalue weighted by molar-refractivity contribution is 5.94. The average Bonchev–Trinajstić information content (AvgIpc) is 3.12. The Kier molecular flexibility index (Phi) is 4.76.